The molecule has 4 rings (SSSR count). The fraction of sp³-hybridized carbons (Fsp3) is 0.156. The van der Waals surface area contributed by atoms with Gasteiger partial charge in [-0.1, -0.05) is 46.2 Å². The lowest BCUT2D eigenvalue weighted by Gasteiger charge is -2.26. The fourth-order valence-electron chi connectivity index (χ4n) is 4.39. The first-order valence-electron chi connectivity index (χ1n) is 13.9. The van der Waals surface area contributed by atoms with Crippen molar-refractivity contribution in [3.8, 4) is 17.2 Å². The number of ether oxygens (including phenoxy) is 1. The van der Waals surface area contributed by atoms with E-state index in [9.17, 15) is 41.4 Å². The molecule has 246 valence electrons. The van der Waals surface area contributed by atoms with Crippen molar-refractivity contribution < 1.29 is 46.2 Å². The highest BCUT2D eigenvalue weighted by Gasteiger charge is 2.32. The highest BCUT2D eigenvalue weighted by Crippen LogP contribution is 2.27. The molecule has 0 unspecified atom stereocenters. The monoisotopic (exact) mass is 681 g/mol. The number of nitrogens with zero attached hydrogens (tertiary/aromatic N) is 2. The molecular weight excluding hydrogens is 650 g/mol. The molecule has 4 aromatic carbocycles. The van der Waals surface area contributed by atoms with E-state index in [2.05, 4.69) is 5.32 Å². The van der Waals surface area contributed by atoms with Gasteiger partial charge in [0.1, 0.15) is 29.4 Å². The van der Waals surface area contributed by atoms with E-state index in [0.717, 1.165) is 22.6 Å². The highest BCUT2D eigenvalue weighted by atomic mass is 32.3. The van der Waals surface area contributed by atoms with Gasteiger partial charge in [-0.15, -0.1) is 0 Å². The Morgan fingerprint density at radius 3 is 1.91 bits per heavy atom. The molecule has 2 amide bonds. The molecule has 0 spiro atoms. The molecule has 0 aliphatic rings. The number of carbonyl (C=O) groups is 3. The summed E-state index contributed by atoms with van der Waals surface area (Å²) >= 11 is 0. The number of para-hydroxylation sites is 1. The molecule has 0 bridgehead atoms. The van der Waals surface area contributed by atoms with E-state index in [1.165, 1.54) is 30.3 Å². The predicted molar refractivity (Wildman–Crippen MR) is 173 cm³/mol. The number of benzene rings is 4. The summed E-state index contributed by atoms with van der Waals surface area (Å²) in [6, 6.07) is 25.9. The maximum absolute atomic E-state index is 13.4. The lowest BCUT2D eigenvalue weighted by Crippen LogP contribution is -2.44. The summed E-state index contributed by atoms with van der Waals surface area (Å²) in [7, 11) is -8.76. The minimum absolute atomic E-state index is 0.0329. The lowest BCUT2D eigenvalue weighted by molar-refractivity contribution is -0.118. The minimum atomic E-state index is -4.38. The van der Waals surface area contributed by atoms with E-state index >= 15 is 0 Å². The van der Waals surface area contributed by atoms with Crippen LogP contribution in [0.1, 0.15) is 31.8 Å². The molecule has 13 nitrogen and oxygen atoms in total. The predicted octanol–water partition coefficient (Wildman–Crippen LogP) is 3.57. The zero-order valence-corrected chi connectivity index (χ0v) is 26.9. The first-order valence-corrected chi connectivity index (χ1v) is 17.5. The second-order valence-electron chi connectivity index (χ2n) is 10.4. The van der Waals surface area contributed by atoms with Gasteiger partial charge in [0.25, 0.3) is 5.91 Å². The van der Waals surface area contributed by atoms with E-state index in [0.29, 0.717) is 35.1 Å². The van der Waals surface area contributed by atoms with E-state index in [-0.39, 0.29) is 28.4 Å². The Bertz CT molecular complexity index is 1950. The fourth-order valence-corrected chi connectivity index (χ4v) is 7.05. The summed E-state index contributed by atoms with van der Waals surface area (Å²) in [5, 5.41) is 22.2. The largest absolute Gasteiger partial charge is 0.507 e. The maximum Gasteiger partial charge on any atom is 0.339 e. The molecular formula is C32H31N3O10S2. The van der Waals surface area contributed by atoms with Gasteiger partial charge in [-0.25, -0.2) is 21.6 Å². The van der Waals surface area contributed by atoms with Crippen molar-refractivity contribution >= 4 is 43.5 Å². The van der Waals surface area contributed by atoms with Crippen LogP contribution in [0.4, 0.5) is 5.69 Å². The third kappa shape index (κ3) is 9.38. The number of carbonyl (C=O) groups excluding carboxylic acids is 2. The van der Waals surface area contributed by atoms with Crippen LogP contribution in [-0.2, 0) is 37.9 Å². The highest BCUT2D eigenvalue weighted by molar-refractivity contribution is 8.03. The van der Waals surface area contributed by atoms with Gasteiger partial charge >= 0.3 is 5.97 Å². The van der Waals surface area contributed by atoms with Crippen molar-refractivity contribution in [2.45, 2.75) is 13.1 Å². The van der Waals surface area contributed by atoms with Crippen LogP contribution >= 0.6 is 0 Å². The summed E-state index contributed by atoms with van der Waals surface area (Å²) in [6.07, 6.45) is 1.27. The van der Waals surface area contributed by atoms with Crippen LogP contribution < -0.4 is 15.0 Å². The normalized spacial score (nSPS) is 11.6. The van der Waals surface area contributed by atoms with E-state index in [1.54, 1.807) is 12.1 Å². The molecule has 0 atom stereocenters. The summed E-state index contributed by atoms with van der Waals surface area (Å²) in [5.41, 5.74) is 0.993. The van der Waals surface area contributed by atoms with E-state index < -0.39 is 49.8 Å². The average Bonchev–Trinajstić information content (AvgIpc) is 3.02. The summed E-state index contributed by atoms with van der Waals surface area (Å²) in [6.45, 7) is -1.12. The number of nitrogens with one attached hydrogen (secondary N) is 1. The van der Waals surface area contributed by atoms with Gasteiger partial charge < -0.3 is 25.2 Å². The van der Waals surface area contributed by atoms with Crippen molar-refractivity contribution in [3.63, 3.8) is 0 Å². The summed E-state index contributed by atoms with van der Waals surface area (Å²) in [5.74, 6) is -2.10. The Labute approximate surface area is 271 Å². The number of carboxylic acids is 1. The van der Waals surface area contributed by atoms with Gasteiger partial charge in [-0.05, 0) is 65.7 Å². The molecule has 15 heteroatoms. The molecule has 0 aliphatic carbocycles. The van der Waals surface area contributed by atoms with Crippen LogP contribution in [0.3, 0.4) is 0 Å². The number of aromatic carboxylic acids is 1. The Kier molecular flexibility index (Phi) is 10.6. The second kappa shape index (κ2) is 14.5. The van der Waals surface area contributed by atoms with Gasteiger partial charge in [-0.3, -0.25) is 9.59 Å². The van der Waals surface area contributed by atoms with Crippen LogP contribution in [0.25, 0.3) is 0 Å². The molecule has 0 saturated heterocycles. The molecule has 47 heavy (non-hydrogen) atoms. The quantitative estimate of drug-likeness (QED) is 0.188. The molecule has 3 N–H and O–H groups in total. The number of phenols is 1. The van der Waals surface area contributed by atoms with Gasteiger partial charge in [-0.2, -0.15) is 0 Å². The van der Waals surface area contributed by atoms with E-state index in [4.69, 9.17) is 4.74 Å². The first-order chi connectivity index (χ1) is 22.1. The van der Waals surface area contributed by atoms with Crippen molar-refractivity contribution in [1.82, 2.24) is 9.03 Å². The van der Waals surface area contributed by atoms with Crippen molar-refractivity contribution in [2.24, 2.45) is 0 Å². The van der Waals surface area contributed by atoms with Gasteiger partial charge in [0.2, 0.25) is 26.0 Å². The third-order valence-electron chi connectivity index (χ3n) is 6.74. The van der Waals surface area contributed by atoms with Crippen molar-refractivity contribution in [1.29, 1.82) is 0 Å². The molecule has 4 aromatic rings. The Hall–Kier alpha value is -5.25. The summed E-state index contributed by atoms with van der Waals surface area (Å²) < 4.78 is 54.5. The molecule has 0 aromatic heterocycles. The number of carboxylic acid groups (broad SMARTS) is 1. The van der Waals surface area contributed by atoms with Crippen LogP contribution in [0.2, 0.25) is 0 Å². The van der Waals surface area contributed by atoms with Gasteiger partial charge in [0.15, 0.2) is 0 Å². The number of rotatable bonds is 13. The Morgan fingerprint density at radius 1 is 0.766 bits per heavy atom. The van der Waals surface area contributed by atoms with Crippen LogP contribution in [-0.4, -0.2) is 67.6 Å². The minimum Gasteiger partial charge on any atom is -0.507 e. The zero-order chi connectivity index (χ0) is 34.4. The smallest absolute Gasteiger partial charge is 0.339 e. The second-order valence-corrected chi connectivity index (χ2v) is 14.4. The number of anilines is 1. The van der Waals surface area contributed by atoms with Crippen LogP contribution in [0.15, 0.2) is 97.1 Å². The number of hydrogen-bond acceptors (Lipinski definition) is 9. The van der Waals surface area contributed by atoms with E-state index in [1.807, 2.05) is 42.5 Å². The van der Waals surface area contributed by atoms with Gasteiger partial charge in [0, 0.05) is 17.8 Å². The van der Waals surface area contributed by atoms with Crippen LogP contribution in [0.5, 0.6) is 17.2 Å². The molecule has 0 aliphatic heterocycles. The molecule has 0 saturated carbocycles. The average molecular weight is 682 g/mol. The van der Waals surface area contributed by atoms with Gasteiger partial charge in [0.05, 0.1) is 19.1 Å². The molecule has 0 radical (unpaired) electrons. The Balaban J connectivity index is 1.48. The number of aromatic hydroxyl groups is 1. The third-order valence-corrected chi connectivity index (χ3v) is 10.1. The SMILES string of the molecule is CS(=O)(=O)N(CC(=O)N(Cc1ccc(C(=O)NCc2ccc(Oc3ccccc3)cc2)cc1)c1ccc(O)c(C(=O)O)c1)S(C)(=O)=O. The standard InChI is InChI=1S/C32H31N3O10S2/c1-46(41,42)35(47(2,43)44)21-30(37)34(25-14-17-29(36)28(18-25)32(39)40)20-23-8-12-24(13-9-23)31(38)33-19-22-10-15-27(16-11-22)45-26-6-4-3-5-7-26/h3-18,36H,19-21H2,1-2H3,(H,33,38)(H,39,40). The first kappa shape index (κ1) is 34.6. The van der Waals surface area contributed by atoms with Crippen LogP contribution in [0, 0.1) is 0 Å². The van der Waals surface area contributed by atoms with Crippen molar-refractivity contribution in [2.75, 3.05) is 24.0 Å². The lowest BCUT2D eigenvalue weighted by atomic mass is 10.1. The molecule has 0 heterocycles. The molecule has 0 fully saturated rings. The number of hydrogen-bond donors (Lipinski definition) is 3. The maximum atomic E-state index is 13.4. The summed E-state index contributed by atoms with van der Waals surface area (Å²) in [4.78, 5) is 38.8. The zero-order valence-electron chi connectivity index (χ0n) is 25.2. The number of sulfonamides is 2. The topological polar surface area (TPSA) is 188 Å². The number of amides is 2. The van der Waals surface area contributed by atoms with Crippen molar-refractivity contribution in [3.05, 3.63) is 119 Å². The Morgan fingerprint density at radius 2 is 1.34 bits per heavy atom.